The number of rotatable bonds is 9. The molecule has 1 aromatic rings. The fourth-order valence-corrected chi connectivity index (χ4v) is 6.48. The molecule has 0 spiro atoms. The van der Waals surface area contributed by atoms with Crippen molar-refractivity contribution < 1.29 is 62.1 Å². The Balaban J connectivity index is 0.000000617. The number of thiazole rings is 1. The number of alkyl halides is 3. The Kier molecular flexibility index (Phi) is 10.2. The van der Waals surface area contributed by atoms with Crippen LogP contribution in [0.3, 0.4) is 0 Å². The van der Waals surface area contributed by atoms with Gasteiger partial charge in [0.2, 0.25) is 12.5 Å². The summed E-state index contributed by atoms with van der Waals surface area (Å²) in [7, 11) is 0. The van der Waals surface area contributed by atoms with E-state index in [1.165, 1.54) is 17.1 Å². The van der Waals surface area contributed by atoms with E-state index >= 15 is 0 Å². The summed E-state index contributed by atoms with van der Waals surface area (Å²) in [5, 5.41) is 32.8. The molecule has 3 amide bonds. The summed E-state index contributed by atoms with van der Waals surface area (Å²) >= 11 is 2.28. The van der Waals surface area contributed by atoms with Gasteiger partial charge in [-0.15, -0.1) is 23.1 Å². The zero-order valence-corrected chi connectivity index (χ0v) is 25.0. The highest BCUT2D eigenvalue weighted by Crippen LogP contribution is 2.41. The number of amides is 3. The Morgan fingerprint density at radius 3 is 2.41 bits per heavy atom. The second-order valence-electron chi connectivity index (χ2n) is 10.0. The molecule has 0 bridgehead atoms. The first-order chi connectivity index (χ1) is 21.6. The average molecular weight is 691 g/mol. The standard InChI is InChI=1S/C23H24N6O8S2.C2HF3O2/c24-23-25-13(9-39-23)15(27-37-7-14(30)31)18(32)26-16-20(34)29-17(22(35)36)11(8-38-21(16)29)6-10-2-1-5-28(19(10)33)12-3-4-12;3-2(4,5)1(6)7/h6,9,12,16,21H,1-5,7-8H2,(H2,24,25)(H,26,32)(H,30,31)(H,35,36);(H,6,7)/t16-,21-;/m1./s1. The maximum atomic E-state index is 13.1. The van der Waals surface area contributed by atoms with Crippen LogP contribution in [0, 0.1) is 0 Å². The Labute approximate surface area is 264 Å². The summed E-state index contributed by atoms with van der Waals surface area (Å²) in [6.07, 6.45) is -0.209. The number of oxime groups is 1. The van der Waals surface area contributed by atoms with E-state index in [1.807, 2.05) is 4.90 Å². The predicted molar refractivity (Wildman–Crippen MR) is 152 cm³/mol. The number of carboxylic acids is 3. The van der Waals surface area contributed by atoms with E-state index in [-0.39, 0.29) is 39.9 Å². The molecule has 3 fully saturated rings. The molecule has 4 aliphatic rings. The van der Waals surface area contributed by atoms with Gasteiger partial charge in [0.1, 0.15) is 22.8 Å². The maximum absolute atomic E-state index is 13.1. The van der Waals surface area contributed by atoms with Gasteiger partial charge in [0.15, 0.2) is 10.8 Å². The Morgan fingerprint density at radius 2 is 1.87 bits per heavy atom. The van der Waals surface area contributed by atoms with Gasteiger partial charge in [-0.3, -0.25) is 19.3 Å². The molecular weight excluding hydrogens is 665 g/mol. The molecule has 2 atom stereocenters. The lowest BCUT2D eigenvalue weighted by atomic mass is 9.98. The number of hydrogen-bond acceptors (Lipinski definition) is 12. The van der Waals surface area contributed by atoms with E-state index < -0.39 is 53.9 Å². The number of carboxylic acid groups (broad SMARTS) is 3. The number of hydrogen-bond donors (Lipinski definition) is 5. The third-order valence-corrected chi connectivity index (χ3v) is 8.75. The van der Waals surface area contributed by atoms with E-state index in [9.17, 15) is 42.3 Å². The highest BCUT2D eigenvalue weighted by atomic mass is 32.2. The second-order valence-corrected chi connectivity index (χ2v) is 12.0. The van der Waals surface area contributed by atoms with Crippen LogP contribution in [0.15, 0.2) is 33.5 Å². The number of carbonyl (C=O) groups is 6. The van der Waals surface area contributed by atoms with Crippen molar-refractivity contribution in [3.63, 3.8) is 0 Å². The number of nitrogen functional groups attached to an aromatic ring is 1. The largest absolute Gasteiger partial charge is 0.490 e. The maximum Gasteiger partial charge on any atom is 0.490 e. The molecule has 0 aromatic carbocycles. The third-order valence-electron chi connectivity index (χ3n) is 6.77. The number of halogens is 3. The normalized spacial score (nSPS) is 22.4. The molecule has 0 radical (unpaired) electrons. The summed E-state index contributed by atoms with van der Waals surface area (Å²) in [4.78, 5) is 82.5. The van der Waals surface area contributed by atoms with Crippen molar-refractivity contribution >= 4 is 69.6 Å². The van der Waals surface area contributed by atoms with Gasteiger partial charge in [0, 0.05) is 29.3 Å². The third kappa shape index (κ3) is 7.76. The van der Waals surface area contributed by atoms with Crippen molar-refractivity contribution in [2.75, 3.05) is 24.6 Å². The second kappa shape index (κ2) is 13.8. The molecule has 1 aliphatic carbocycles. The topological polar surface area (TPSA) is 242 Å². The number of allylic oxidation sites excluding steroid dienone is 1. The summed E-state index contributed by atoms with van der Waals surface area (Å²) < 4.78 is 31.7. The van der Waals surface area contributed by atoms with Gasteiger partial charge in [0.05, 0.1) is 0 Å². The summed E-state index contributed by atoms with van der Waals surface area (Å²) in [6.45, 7) is -0.119. The molecule has 16 nitrogen and oxygen atoms in total. The van der Waals surface area contributed by atoms with Crippen LogP contribution >= 0.6 is 23.1 Å². The zero-order valence-electron chi connectivity index (χ0n) is 23.4. The summed E-state index contributed by atoms with van der Waals surface area (Å²) in [6, 6.07) is -0.822. The number of thioether (sulfide) groups is 1. The van der Waals surface area contributed by atoms with E-state index in [0.29, 0.717) is 24.1 Å². The first-order valence-electron chi connectivity index (χ1n) is 13.3. The van der Waals surface area contributed by atoms with Gasteiger partial charge in [-0.2, -0.15) is 13.2 Å². The predicted octanol–water partition coefficient (Wildman–Crippen LogP) is 0.614. The van der Waals surface area contributed by atoms with Crippen LogP contribution < -0.4 is 11.1 Å². The first-order valence-corrected chi connectivity index (χ1v) is 15.2. The van der Waals surface area contributed by atoms with E-state index in [0.717, 1.165) is 35.5 Å². The molecule has 46 heavy (non-hydrogen) atoms. The molecular formula is C25H25F3N6O10S2. The lowest BCUT2D eigenvalue weighted by molar-refractivity contribution is -0.192. The fourth-order valence-electron chi connectivity index (χ4n) is 4.63. The summed E-state index contributed by atoms with van der Waals surface area (Å²) in [5.74, 6) is -6.77. The average Bonchev–Trinajstić information content (AvgIpc) is 3.73. The van der Waals surface area contributed by atoms with Crippen molar-refractivity contribution in [3.8, 4) is 0 Å². The molecule has 2 saturated heterocycles. The monoisotopic (exact) mass is 690 g/mol. The zero-order chi connectivity index (χ0) is 33.9. The lowest BCUT2D eigenvalue weighted by Gasteiger charge is -2.49. The molecule has 3 aliphatic heterocycles. The van der Waals surface area contributed by atoms with Gasteiger partial charge >= 0.3 is 24.1 Å². The lowest BCUT2D eigenvalue weighted by Crippen LogP contribution is -2.71. The molecule has 4 heterocycles. The minimum Gasteiger partial charge on any atom is -0.479 e. The minimum atomic E-state index is -5.08. The molecule has 5 rings (SSSR count). The van der Waals surface area contributed by atoms with Crippen LogP contribution in [0.4, 0.5) is 18.3 Å². The van der Waals surface area contributed by atoms with Gasteiger partial charge in [0.25, 0.3) is 11.8 Å². The molecule has 1 saturated carbocycles. The van der Waals surface area contributed by atoms with Crippen molar-refractivity contribution in [1.82, 2.24) is 20.1 Å². The van der Waals surface area contributed by atoms with Gasteiger partial charge < -0.3 is 36.1 Å². The Hall–Kier alpha value is -4.66. The fraction of sp³-hybridized carbons (Fsp3) is 0.440. The first kappa shape index (κ1) is 34.2. The molecule has 248 valence electrons. The molecule has 0 unspecified atom stereocenters. The van der Waals surface area contributed by atoms with Crippen LogP contribution in [0.5, 0.6) is 0 Å². The van der Waals surface area contributed by atoms with Gasteiger partial charge in [-0.25, -0.2) is 19.4 Å². The number of carbonyl (C=O) groups excluding carboxylic acids is 3. The van der Waals surface area contributed by atoms with Crippen LogP contribution in [0.25, 0.3) is 0 Å². The van der Waals surface area contributed by atoms with Crippen molar-refractivity contribution in [2.45, 2.75) is 49.3 Å². The number of anilines is 1. The van der Waals surface area contributed by atoms with Crippen molar-refractivity contribution in [1.29, 1.82) is 0 Å². The Bertz CT molecular complexity index is 1550. The number of nitrogens with zero attached hydrogens (tertiary/aromatic N) is 4. The number of fused-ring (bicyclic) bond motifs is 1. The van der Waals surface area contributed by atoms with Crippen LogP contribution in [-0.2, 0) is 33.6 Å². The molecule has 6 N–H and O–H groups in total. The van der Waals surface area contributed by atoms with Gasteiger partial charge in [-0.05, 0) is 37.3 Å². The number of likely N-dealkylation sites (tertiary alicyclic amines) is 1. The number of nitrogens with two attached hydrogens (primary N) is 1. The van der Waals surface area contributed by atoms with Crippen LogP contribution in [0.1, 0.15) is 31.4 Å². The number of nitrogens with one attached hydrogen (secondary N) is 1. The number of piperidine rings is 1. The number of aromatic nitrogens is 1. The highest BCUT2D eigenvalue weighted by molar-refractivity contribution is 8.00. The van der Waals surface area contributed by atoms with Crippen LogP contribution in [0.2, 0.25) is 0 Å². The highest BCUT2D eigenvalue weighted by Gasteiger charge is 2.54. The number of β-lactam (4-membered cyclic amide) rings is 1. The summed E-state index contributed by atoms with van der Waals surface area (Å²) in [5.41, 5.74) is 5.95. The molecule has 1 aromatic heterocycles. The van der Waals surface area contributed by atoms with Gasteiger partial charge in [-0.1, -0.05) is 5.16 Å². The SMILES string of the molecule is Nc1nc(C(=NOCC(=O)O)C(=O)N[C@@H]2C(=O)N3C(C(=O)O)=C(C=C4CCCN(C5CC5)C4=O)CS[C@H]23)cs1.O=C(O)C(F)(F)F. The van der Waals surface area contributed by atoms with E-state index in [2.05, 4.69) is 15.5 Å². The minimum absolute atomic E-state index is 0.0257. The smallest absolute Gasteiger partial charge is 0.479 e. The van der Waals surface area contributed by atoms with E-state index in [4.69, 9.17) is 25.6 Å². The van der Waals surface area contributed by atoms with Crippen LogP contribution in [-0.4, -0.2) is 114 Å². The number of aliphatic carboxylic acids is 3. The Morgan fingerprint density at radius 1 is 1.20 bits per heavy atom. The van der Waals surface area contributed by atoms with E-state index in [1.54, 1.807) is 6.08 Å². The van der Waals surface area contributed by atoms with Crippen molar-refractivity contribution in [3.05, 3.63) is 34.0 Å². The quantitative estimate of drug-likeness (QED) is 0.103. The van der Waals surface area contributed by atoms with Crippen molar-refractivity contribution in [2.24, 2.45) is 5.16 Å². The molecule has 21 heteroatoms.